The number of ether oxygens (including phenoxy) is 2. The third-order valence-electron chi connectivity index (χ3n) is 5.93. The molecule has 0 bridgehead atoms. The van der Waals surface area contributed by atoms with E-state index >= 15 is 0 Å². The Morgan fingerprint density at radius 2 is 1.68 bits per heavy atom. The summed E-state index contributed by atoms with van der Waals surface area (Å²) in [4.78, 5) is 12.4. The van der Waals surface area contributed by atoms with E-state index < -0.39 is 0 Å². The van der Waals surface area contributed by atoms with E-state index in [4.69, 9.17) is 13.9 Å². The minimum atomic E-state index is 0.531. The Morgan fingerprint density at radius 1 is 0.839 bits per heavy atom. The summed E-state index contributed by atoms with van der Waals surface area (Å²) in [6, 6.07) is 10.5. The Hall–Kier alpha value is -3.80. The van der Waals surface area contributed by atoms with Crippen LogP contribution in [0.4, 0.5) is 0 Å². The van der Waals surface area contributed by atoms with Crippen molar-refractivity contribution in [1.29, 1.82) is 0 Å². The van der Waals surface area contributed by atoms with Gasteiger partial charge in [0, 0.05) is 22.3 Å². The number of aromatic amines is 1. The third-order valence-corrected chi connectivity index (χ3v) is 5.93. The number of H-pyrrole nitrogens is 1. The fourth-order valence-corrected chi connectivity index (χ4v) is 4.61. The second-order valence-electron chi connectivity index (χ2n) is 8.04. The summed E-state index contributed by atoms with van der Waals surface area (Å²) in [5.41, 5.74) is 10.8. The van der Waals surface area contributed by atoms with Crippen molar-refractivity contribution >= 4 is 22.1 Å². The quantitative estimate of drug-likeness (QED) is 0.401. The van der Waals surface area contributed by atoms with Crippen molar-refractivity contribution in [3.8, 4) is 33.8 Å². The second kappa shape index (κ2) is 6.60. The summed E-state index contributed by atoms with van der Waals surface area (Å²) in [5, 5.41) is 0. The molecule has 0 aliphatic carbocycles. The molecule has 6 nitrogen and oxygen atoms in total. The number of nitrogens with one attached hydrogen (secondary N) is 1. The fourth-order valence-electron chi connectivity index (χ4n) is 4.61. The van der Waals surface area contributed by atoms with Crippen molar-refractivity contribution in [2.45, 2.75) is 20.8 Å². The number of oxazole rings is 1. The molecule has 2 aromatic heterocycles. The minimum absolute atomic E-state index is 0.531. The normalized spacial score (nSPS) is 13.3. The van der Waals surface area contributed by atoms with Gasteiger partial charge in [0.05, 0.1) is 17.4 Å². The van der Waals surface area contributed by atoms with Crippen molar-refractivity contribution in [3.63, 3.8) is 0 Å². The highest BCUT2D eigenvalue weighted by Crippen LogP contribution is 2.47. The number of fused-ring (bicyclic) bond motifs is 3. The average Bonchev–Trinajstić information content (AvgIpc) is 3.42. The van der Waals surface area contributed by atoms with Gasteiger partial charge in [0.2, 0.25) is 0 Å². The Kier molecular flexibility index (Phi) is 3.84. The number of hydrogen-bond donors (Lipinski definition) is 1. The summed E-state index contributed by atoms with van der Waals surface area (Å²) in [5.74, 6) is 1.54. The second-order valence-corrected chi connectivity index (χ2v) is 8.04. The van der Waals surface area contributed by atoms with Crippen molar-refractivity contribution < 1.29 is 13.9 Å². The van der Waals surface area contributed by atoms with Crippen LogP contribution in [-0.4, -0.2) is 28.2 Å². The van der Waals surface area contributed by atoms with Gasteiger partial charge >= 0.3 is 0 Å². The number of nitrogens with zero attached hydrogens (tertiary/aromatic N) is 2. The Labute approximate surface area is 178 Å². The minimum Gasteiger partial charge on any atom is -0.486 e. The van der Waals surface area contributed by atoms with Crippen LogP contribution in [0.2, 0.25) is 0 Å². The molecule has 0 radical (unpaired) electrons. The van der Waals surface area contributed by atoms with E-state index in [1.165, 1.54) is 6.39 Å². The number of imidazole rings is 1. The summed E-state index contributed by atoms with van der Waals surface area (Å²) in [6.07, 6.45) is 3.24. The maximum absolute atomic E-state index is 6.04. The molecule has 154 valence electrons. The molecule has 3 aromatic carbocycles. The first-order chi connectivity index (χ1) is 15.1. The standard InChI is InChI=1S/C25H21N3O3/c1-13-8-16(22-18(9-13)26-11-27-22)21-15(3)10-17(23-25(21)31-12-28-23)20-14(2)4-5-19-24(20)30-7-6-29-19/h4-5,8-12H,6-7H2,1-3H3,(H,26,27). The van der Waals surface area contributed by atoms with Crippen molar-refractivity contribution in [3.05, 3.63) is 59.7 Å². The zero-order chi connectivity index (χ0) is 21.1. The smallest absolute Gasteiger partial charge is 0.182 e. The number of aryl methyl sites for hydroxylation is 3. The first-order valence-corrected chi connectivity index (χ1v) is 10.3. The Balaban J connectivity index is 1.67. The summed E-state index contributed by atoms with van der Waals surface area (Å²) in [6.45, 7) is 7.35. The molecule has 6 rings (SSSR count). The Morgan fingerprint density at radius 3 is 2.58 bits per heavy atom. The van der Waals surface area contributed by atoms with Crippen LogP contribution in [0.3, 0.4) is 0 Å². The lowest BCUT2D eigenvalue weighted by atomic mass is 9.90. The first-order valence-electron chi connectivity index (χ1n) is 10.3. The molecule has 1 aliphatic heterocycles. The number of aromatic nitrogens is 3. The predicted octanol–water partition coefficient (Wildman–Crippen LogP) is 5.73. The lowest BCUT2D eigenvalue weighted by molar-refractivity contribution is 0.172. The number of benzene rings is 3. The van der Waals surface area contributed by atoms with E-state index in [2.05, 4.69) is 60.0 Å². The fraction of sp³-hybridized carbons (Fsp3) is 0.200. The highest BCUT2D eigenvalue weighted by molar-refractivity contribution is 6.07. The molecular formula is C25H21N3O3. The summed E-state index contributed by atoms with van der Waals surface area (Å²) in [7, 11) is 0. The molecule has 0 fully saturated rings. The molecule has 6 heteroatoms. The molecule has 0 amide bonds. The van der Waals surface area contributed by atoms with Gasteiger partial charge in [-0.15, -0.1) is 0 Å². The van der Waals surface area contributed by atoms with Crippen LogP contribution in [0.15, 0.2) is 47.5 Å². The molecule has 1 N–H and O–H groups in total. The van der Waals surface area contributed by atoms with Crippen molar-refractivity contribution in [1.82, 2.24) is 15.0 Å². The Bertz CT molecular complexity index is 1480. The predicted molar refractivity (Wildman–Crippen MR) is 120 cm³/mol. The average molecular weight is 411 g/mol. The SMILES string of the molecule is Cc1cc(-c2c(C)cc(-c3c(C)ccc4c3OCCO4)c3ncoc23)c2nc[nH]c2c1. The van der Waals surface area contributed by atoms with Gasteiger partial charge in [-0.2, -0.15) is 0 Å². The van der Waals surface area contributed by atoms with Crippen LogP contribution in [0.5, 0.6) is 11.5 Å². The van der Waals surface area contributed by atoms with Crippen LogP contribution >= 0.6 is 0 Å². The van der Waals surface area contributed by atoms with Gasteiger partial charge in [-0.1, -0.05) is 6.07 Å². The molecule has 0 spiro atoms. The molecular weight excluding hydrogens is 390 g/mol. The van der Waals surface area contributed by atoms with E-state index in [9.17, 15) is 0 Å². The van der Waals surface area contributed by atoms with E-state index in [1.807, 2.05) is 6.07 Å². The highest BCUT2D eigenvalue weighted by atomic mass is 16.6. The van der Waals surface area contributed by atoms with Crippen LogP contribution in [0.1, 0.15) is 16.7 Å². The van der Waals surface area contributed by atoms with Crippen molar-refractivity contribution in [2.75, 3.05) is 13.2 Å². The maximum atomic E-state index is 6.04. The van der Waals surface area contributed by atoms with Gasteiger partial charge in [-0.3, -0.25) is 0 Å². The zero-order valence-electron chi connectivity index (χ0n) is 17.6. The zero-order valence-corrected chi connectivity index (χ0v) is 17.6. The van der Waals surface area contributed by atoms with Gasteiger partial charge in [-0.05, 0) is 61.7 Å². The summed E-state index contributed by atoms with van der Waals surface area (Å²) < 4.78 is 17.8. The van der Waals surface area contributed by atoms with E-state index in [0.717, 1.165) is 72.6 Å². The van der Waals surface area contributed by atoms with Crippen LogP contribution in [-0.2, 0) is 0 Å². The monoisotopic (exact) mass is 411 g/mol. The van der Waals surface area contributed by atoms with Crippen LogP contribution in [0, 0.1) is 20.8 Å². The van der Waals surface area contributed by atoms with Gasteiger partial charge < -0.3 is 18.9 Å². The van der Waals surface area contributed by atoms with E-state index in [-0.39, 0.29) is 0 Å². The highest BCUT2D eigenvalue weighted by Gasteiger charge is 2.25. The van der Waals surface area contributed by atoms with Crippen LogP contribution < -0.4 is 9.47 Å². The van der Waals surface area contributed by atoms with Gasteiger partial charge in [0.15, 0.2) is 23.5 Å². The molecule has 0 unspecified atom stereocenters. The molecule has 0 atom stereocenters. The van der Waals surface area contributed by atoms with Gasteiger partial charge in [0.1, 0.15) is 18.7 Å². The molecule has 1 aliphatic rings. The molecule has 5 aromatic rings. The first kappa shape index (κ1) is 18.0. The van der Waals surface area contributed by atoms with Gasteiger partial charge in [-0.25, -0.2) is 9.97 Å². The van der Waals surface area contributed by atoms with E-state index in [1.54, 1.807) is 6.33 Å². The molecule has 0 saturated heterocycles. The van der Waals surface area contributed by atoms with Crippen molar-refractivity contribution in [2.24, 2.45) is 0 Å². The lowest BCUT2D eigenvalue weighted by Gasteiger charge is -2.23. The molecule has 3 heterocycles. The topological polar surface area (TPSA) is 73.2 Å². The largest absolute Gasteiger partial charge is 0.486 e. The number of hydrogen-bond acceptors (Lipinski definition) is 5. The molecule has 31 heavy (non-hydrogen) atoms. The lowest BCUT2D eigenvalue weighted by Crippen LogP contribution is -2.16. The number of rotatable bonds is 2. The van der Waals surface area contributed by atoms with E-state index in [0.29, 0.717) is 13.2 Å². The van der Waals surface area contributed by atoms with Crippen LogP contribution in [0.25, 0.3) is 44.4 Å². The third kappa shape index (κ3) is 2.64. The maximum Gasteiger partial charge on any atom is 0.182 e. The molecule has 0 saturated carbocycles. The van der Waals surface area contributed by atoms with Gasteiger partial charge in [0.25, 0.3) is 0 Å². The summed E-state index contributed by atoms with van der Waals surface area (Å²) >= 11 is 0.